The van der Waals surface area contributed by atoms with Crippen LogP contribution in [0.2, 0.25) is 5.02 Å². The number of benzene rings is 3. The molecule has 3 aliphatic rings. The number of anilines is 1. The Bertz CT molecular complexity index is 1570. The Morgan fingerprint density at radius 1 is 1.03 bits per heavy atom. The van der Waals surface area contributed by atoms with Crippen molar-refractivity contribution in [3.05, 3.63) is 58.9 Å². The summed E-state index contributed by atoms with van der Waals surface area (Å²) in [6.07, 6.45) is 4.51. The molecule has 2 bridgehead atoms. The lowest BCUT2D eigenvalue weighted by Crippen LogP contribution is -2.51. The van der Waals surface area contributed by atoms with Crippen LogP contribution in [0.1, 0.15) is 31.2 Å². The van der Waals surface area contributed by atoms with Crippen LogP contribution in [0.25, 0.3) is 32.8 Å². The zero-order chi connectivity index (χ0) is 26.7. The largest absolute Gasteiger partial charge is 0.462 e. The molecular formula is C31H33ClFN5O. The molecule has 0 spiro atoms. The summed E-state index contributed by atoms with van der Waals surface area (Å²) in [5, 5.41) is 6.67. The van der Waals surface area contributed by atoms with E-state index in [4.69, 9.17) is 21.3 Å². The Balaban J connectivity index is 1.39. The van der Waals surface area contributed by atoms with Crippen LogP contribution < -0.4 is 15.0 Å². The molecule has 4 aromatic rings. The number of piperazine rings is 1. The molecule has 0 aliphatic carbocycles. The summed E-state index contributed by atoms with van der Waals surface area (Å²) in [5.41, 5.74) is 2.40. The Hall–Kier alpha value is -3.00. The van der Waals surface area contributed by atoms with E-state index in [1.807, 2.05) is 43.3 Å². The van der Waals surface area contributed by atoms with Gasteiger partial charge in [0.05, 0.1) is 5.02 Å². The lowest BCUT2D eigenvalue weighted by Gasteiger charge is -2.34. The second kappa shape index (κ2) is 9.88. The van der Waals surface area contributed by atoms with Crippen molar-refractivity contribution in [3.63, 3.8) is 0 Å². The summed E-state index contributed by atoms with van der Waals surface area (Å²) >= 11 is 6.94. The van der Waals surface area contributed by atoms with Gasteiger partial charge in [-0.05, 0) is 74.2 Å². The maximum absolute atomic E-state index is 16.8. The van der Waals surface area contributed by atoms with Crippen molar-refractivity contribution in [1.82, 2.24) is 20.2 Å². The SMILES string of the molecule is Cc1ccc2ccccc2c1-c1c(Cl)cc2c(N3CC4CCC(C3)N4)nc(OC[C@@H]3CCCN3C)nc2c1F. The van der Waals surface area contributed by atoms with Gasteiger partial charge < -0.3 is 19.9 Å². The highest BCUT2D eigenvalue weighted by Gasteiger charge is 2.34. The number of likely N-dealkylation sites (tertiary alicyclic amines) is 1. The van der Waals surface area contributed by atoms with Gasteiger partial charge in [-0.2, -0.15) is 9.97 Å². The molecule has 0 radical (unpaired) electrons. The molecule has 7 rings (SSSR count). The van der Waals surface area contributed by atoms with Gasteiger partial charge in [-0.25, -0.2) is 4.39 Å². The average Bonchev–Trinajstić information content (AvgIpc) is 3.51. The lowest BCUT2D eigenvalue weighted by atomic mass is 9.92. The van der Waals surface area contributed by atoms with Gasteiger partial charge in [0.15, 0.2) is 5.82 Å². The standard InChI is InChI=1S/C31H33ClFN5O/c1-18-9-10-19-6-3-4-8-23(19)26(18)27-25(32)14-24-29(28(27)33)35-31(39-17-22-7-5-13-37(22)2)36-30(24)38-15-20-11-12-21(16-38)34-20/h3-4,6,8-10,14,20-22,34H,5,7,11-13,15-17H2,1-2H3/t20?,21?,22-/m0/s1. The van der Waals surface area contributed by atoms with Crippen LogP contribution in [0, 0.1) is 12.7 Å². The number of rotatable bonds is 5. The number of likely N-dealkylation sites (N-methyl/N-ethyl adjacent to an activating group) is 1. The minimum atomic E-state index is -0.429. The highest BCUT2D eigenvalue weighted by atomic mass is 35.5. The molecule has 3 fully saturated rings. The van der Waals surface area contributed by atoms with E-state index in [0.29, 0.717) is 46.5 Å². The third kappa shape index (κ3) is 4.41. The maximum Gasteiger partial charge on any atom is 0.319 e. The van der Waals surface area contributed by atoms with Crippen molar-refractivity contribution in [2.75, 3.05) is 38.2 Å². The molecule has 202 valence electrons. The Morgan fingerprint density at radius 3 is 2.59 bits per heavy atom. The third-order valence-corrected chi connectivity index (χ3v) is 9.12. The molecule has 4 heterocycles. The molecule has 3 aromatic carbocycles. The van der Waals surface area contributed by atoms with Crippen LogP contribution in [-0.2, 0) is 0 Å². The van der Waals surface area contributed by atoms with Gasteiger partial charge in [-0.15, -0.1) is 0 Å². The van der Waals surface area contributed by atoms with Crippen LogP contribution >= 0.6 is 11.6 Å². The third-order valence-electron chi connectivity index (χ3n) is 8.82. The second-order valence-electron chi connectivity index (χ2n) is 11.4. The predicted octanol–water partition coefficient (Wildman–Crippen LogP) is 5.96. The van der Waals surface area contributed by atoms with Crippen molar-refractivity contribution < 1.29 is 9.13 Å². The van der Waals surface area contributed by atoms with Gasteiger partial charge in [0.25, 0.3) is 0 Å². The predicted molar refractivity (Wildman–Crippen MR) is 155 cm³/mol. The van der Waals surface area contributed by atoms with Crippen molar-refractivity contribution in [2.24, 2.45) is 0 Å². The molecule has 2 unspecified atom stereocenters. The molecule has 1 aromatic heterocycles. The number of aromatic nitrogens is 2. The molecule has 1 N–H and O–H groups in total. The van der Waals surface area contributed by atoms with E-state index in [0.717, 1.165) is 67.2 Å². The quantitative estimate of drug-likeness (QED) is 0.334. The number of aryl methyl sites for hydroxylation is 1. The summed E-state index contributed by atoms with van der Waals surface area (Å²) in [7, 11) is 2.12. The zero-order valence-corrected chi connectivity index (χ0v) is 23.1. The number of halogens is 2. The fourth-order valence-corrected chi connectivity index (χ4v) is 7.02. The second-order valence-corrected chi connectivity index (χ2v) is 11.8. The molecule has 0 saturated carbocycles. The number of hydrogen-bond acceptors (Lipinski definition) is 6. The van der Waals surface area contributed by atoms with Crippen LogP contribution in [0.3, 0.4) is 0 Å². The van der Waals surface area contributed by atoms with Crippen molar-refractivity contribution >= 4 is 39.1 Å². The summed E-state index contributed by atoms with van der Waals surface area (Å²) in [6, 6.07) is 15.3. The van der Waals surface area contributed by atoms with Crippen LogP contribution in [0.15, 0.2) is 42.5 Å². The summed E-state index contributed by atoms with van der Waals surface area (Å²) in [5.74, 6) is 0.275. The average molecular weight is 546 g/mol. The van der Waals surface area contributed by atoms with Crippen molar-refractivity contribution in [3.8, 4) is 17.1 Å². The normalized spacial score (nSPS) is 23.3. The van der Waals surface area contributed by atoms with E-state index in [1.165, 1.54) is 0 Å². The molecule has 39 heavy (non-hydrogen) atoms. The fourth-order valence-electron chi connectivity index (χ4n) is 6.74. The number of hydrogen-bond donors (Lipinski definition) is 1. The first-order valence-electron chi connectivity index (χ1n) is 14.0. The maximum atomic E-state index is 16.8. The van der Waals surface area contributed by atoms with E-state index < -0.39 is 5.82 Å². The van der Waals surface area contributed by atoms with Gasteiger partial charge in [0.2, 0.25) is 0 Å². The van der Waals surface area contributed by atoms with Crippen LogP contribution in [0.5, 0.6) is 6.01 Å². The van der Waals surface area contributed by atoms with Gasteiger partial charge in [0.1, 0.15) is 17.9 Å². The highest BCUT2D eigenvalue weighted by Crippen LogP contribution is 2.43. The molecule has 6 nitrogen and oxygen atoms in total. The smallest absolute Gasteiger partial charge is 0.319 e. The van der Waals surface area contributed by atoms with Gasteiger partial charge in [-0.1, -0.05) is 48.0 Å². The number of fused-ring (bicyclic) bond motifs is 4. The minimum absolute atomic E-state index is 0.227. The molecule has 3 atom stereocenters. The first-order chi connectivity index (χ1) is 19.0. The first kappa shape index (κ1) is 25.0. The topological polar surface area (TPSA) is 53.5 Å². The number of nitrogens with zero attached hydrogens (tertiary/aromatic N) is 4. The van der Waals surface area contributed by atoms with Gasteiger partial charge in [0, 0.05) is 42.2 Å². The minimum Gasteiger partial charge on any atom is -0.462 e. The number of ether oxygens (including phenoxy) is 1. The van der Waals surface area contributed by atoms with Crippen molar-refractivity contribution in [1.29, 1.82) is 0 Å². The molecule has 3 aliphatic heterocycles. The molecular weight excluding hydrogens is 513 g/mol. The highest BCUT2D eigenvalue weighted by molar-refractivity contribution is 6.35. The number of nitrogens with one attached hydrogen (secondary N) is 1. The Kier molecular flexibility index (Phi) is 6.33. The molecule has 8 heteroatoms. The molecule has 0 amide bonds. The van der Waals surface area contributed by atoms with Gasteiger partial charge in [-0.3, -0.25) is 0 Å². The molecule has 3 saturated heterocycles. The monoisotopic (exact) mass is 545 g/mol. The Morgan fingerprint density at radius 2 is 1.82 bits per heavy atom. The first-order valence-corrected chi connectivity index (χ1v) is 14.4. The van der Waals surface area contributed by atoms with Crippen molar-refractivity contribution in [2.45, 2.75) is 50.7 Å². The van der Waals surface area contributed by atoms with Gasteiger partial charge >= 0.3 is 6.01 Å². The van der Waals surface area contributed by atoms with Crippen LogP contribution in [0.4, 0.5) is 10.2 Å². The zero-order valence-electron chi connectivity index (χ0n) is 22.4. The lowest BCUT2D eigenvalue weighted by molar-refractivity contribution is 0.188. The summed E-state index contributed by atoms with van der Waals surface area (Å²) in [6.45, 7) is 5.17. The van der Waals surface area contributed by atoms with Crippen LogP contribution in [-0.4, -0.2) is 66.3 Å². The Labute approximate surface area is 233 Å². The van der Waals surface area contributed by atoms with E-state index in [-0.39, 0.29) is 11.5 Å². The van der Waals surface area contributed by atoms with E-state index in [9.17, 15) is 0 Å². The summed E-state index contributed by atoms with van der Waals surface area (Å²) in [4.78, 5) is 14.1. The van der Waals surface area contributed by atoms with E-state index in [1.54, 1.807) is 0 Å². The van der Waals surface area contributed by atoms with E-state index in [2.05, 4.69) is 33.2 Å². The summed E-state index contributed by atoms with van der Waals surface area (Å²) < 4.78 is 22.9. The van der Waals surface area contributed by atoms with E-state index >= 15 is 4.39 Å². The fraction of sp³-hybridized carbons (Fsp3) is 0.419.